The monoisotopic (exact) mass is 287 g/mol. The van der Waals surface area contributed by atoms with Gasteiger partial charge in [0, 0.05) is 0 Å². The number of benzene rings is 1. The lowest BCUT2D eigenvalue weighted by molar-refractivity contribution is 0.0717. The summed E-state index contributed by atoms with van der Waals surface area (Å²) < 4.78 is 0. The molecule has 0 saturated heterocycles. The third-order valence-corrected chi connectivity index (χ3v) is 4.06. The number of carbonyl (C=O) groups excluding carboxylic acids is 1. The molecule has 1 aliphatic carbocycles. The first-order valence-corrected chi connectivity index (χ1v) is 6.78. The predicted molar refractivity (Wildman–Crippen MR) is 72.2 cm³/mol. The van der Waals surface area contributed by atoms with E-state index in [1.165, 1.54) is 0 Å². The van der Waals surface area contributed by atoms with Gasteiger partial charge in [-0.3, -0.25) is 4.79 Å². The fraction of sp³-hybridized carbons (Fsp3) is 0.462. The molecule has 1 saturated carbocycles. The van der Waals surface area contributed by atoms with E-state index in [9.17, 15) is 9.90 Å². The van der Waals surface area contributed by atoms with Gasteiger partial charge < -0.3 is 10.4 Å². The summed E-state index contributed by atoms with van der Waals surface area (Å²) in [6, 6.07) is 4.75. The normalized spacial score (nSPS) is 23.7. The van der Waals surface area contributed by atoms with Crippen LogP contribution < -0.4 is 5.32 Å². The van der Waals surface area contributed by atoms with E-state index in [-0.39, 0.29) is 17.0 Å². The van der Waals surface area contributed by atoms with Gasteiger partial charge in [-0.25, -0.2) is 0 Å². The van der Waals surface area contributed by atoms with Crippen molar-refractivity contribution in [2.75, 3.05) is 0 Å². The SMILES string of the molecule is O=C(N[C@H]1CCCC[C@@H]1O)c1cccc(Cl)c1Cl. The third-order valence-electron chi connectivity index (χ3n) is 3.24. The number of hydrogen-bond donors (Lipinski definition) is 2. The molecule has 1 aromatic carbocycles. The van der Waals surface area contributed by atoms with E-state index in [1.54, 1.807) is 18.2 Å². The minimum Gasteiger partial charge on any atom is -0.391 e. The van der Waals surface area contributed by atoms with Crippen molar-refractivity contribution < 1.29 is 9.90 Å². The molecule has 2 atom stereocenters. The highest BCUT2D eigenvalue weighted by atomic mass is 35.5. The molecule has 0 aromatic heterocycles. The van der Waals surface area contributed by atoms with Gasteiger partial charge in [-0.1, -0.05) is 42.1 Å². The van der Waals surface area contributed by atoms with E-state index >= 15 is 0 Å². The summed E-state index contributed by atoms with van der Waals surface area (Å²) in [6.45, 7) is 0. The van der Waals surface area contributed by atoms with Gasteiger partial charge in [0.05, 0.1) is 27.8 Å². The van der Waals surface area contributed by atoms with Crippen LogP contribution >= 0.6 is 23.2 Å². The van der Waals surface area contributed by atoms with Crippen LogP contribution in [0.5, 0.6) is 0 Å². The Bertz CT molecular complexity index is 451. The number of amides is 1. The molecule has 0 heterocycles. The first kappa shape index (κ1) is 13.7. The molecule has 2 rings (SSSR count). The first-order valence-electron chi connectivity index (χ1n) is 6.02. The second kappa shape index (κ2) is 5.91. The molecule has 5 heteroatoms. The molecule has 0 spiro atoms. The molecule has 0 unspecified atom stereocenters. The standard InChI is InChI=1S/C13H15Cl2NO2/c14-9-5-3-4-8(12(9)15)13(18)16-10-6-1-2-7-11(10)17/h3-5,10-11,17H,1-2,6-7H2,(H,16,18)/t10-,11-/m0/s1. The zero-order valence-corrected chi connectivity index (χ0v) is 11.3. The zero-order valence-electron chi connectivity index (χ0n) is 9.83. The van der Waals surface area contributed by atoms with Crippen LogP contribution in [0.3, 0.4) is 0 Å². The summed E-state index contributed by atoms with van der Waals surface area (Å²) >= 11 is 11.9. The Morgan fingerprint density at radius 1 is 1.28 bits per heavy atom. The number of nitrogens with one attached hydrogen (secondary N) is 1. The van der Waals surface area contributed by atoms with Gasteiger partial charge in [-0.05, 0) is 25.0 Å². The molecule has 1 aromatic rings. The van der Waals surface area contributed by atoms with Crippen LogP contribution in [0.2, 0.25) is 10.0 Å². The fourth-order valence-corrected chi connectivity index (χ4v) is 2.59. The zero-order chi connectivity index (χ0) is 13.1. The van der Waals surface area contributed by atoms with E-state index in [0.717, 1.165) is 25.7 Å². The number of aliphatic hydroxyl groups excluding tert-OH is 1. The van der Waals surface area contributed by atoms with E-state index < -0.39 is 6.10 Å². The lowest BCUT2D eigenvalue weighted by atomic mass is 9.92. The van der Waals surface area contributed by atoms with Crippen LogP contribution in [0.4, 0.5) is 0 Å². The highest BCUT2D eigenvalue weighted by Crippen LogP contribution is 2.26. The minimum absolute atomic E-state index is 0.193. The molecule has 1 fully saturated rings. The van der Waals surface area contributed by atoms with Crippen molar-refractivity contribution in [2.45, 2.75) is 37.8 Å². The number of halogens is 2. The maximum absolute atomic E-state index is 12.1. The largest absolute Gasteiger partial charge is 0.391 e. The minimum atomic E-state index is -0.472. The summed E-state index contributed by atoms with van der Waals surface area (Å²) in [6.07, 6.45) is 3.08. The molecule has 2 N–H and O–H groups in total. The average Bonchev–Trinajstić information content (AvgIpc) is 2.35. The summed E-state index contributed by atoms with van der Waals surface area (Å²) in [4.78, 5) is 12.1. The second-order valence-electron chi connectivity index (χ2n) is 4.53. The average molecular weight is 288 g/mol. The molecular formula is C13H15Cl2NO2. The molecule has 0 aliphatic heterocycles. The van der Waals surface area contributed by atoms with Crippen molar-refractivity contribution >= 4 is 29.1 Å². The van der Waals surface area contributed by atoms with E-state index in [0.29, 0.717) is 10.6 Å². The lowest BCUT2D eigenvalue weighted by Gasteiger charge is -2.28. The van der Waals surface area contributed by atoms with Gasteiger partial charge >= 0.3 is 0 Å². The van der Waals surface area contributed by atoms with E-state index in [1.807, 2.05) is 0 Å². The lowest BCUT2D eigenvalue weighted by Crippen LogP contribution is -2.45. The fourth-order valence-electron chi connectivity index (χ4n) is 2.20. The maximum Gasteiger partial charge on any atom is 0.253 e. The Morgan fingerprint density at radius 2 is 2.00 bits per heavy atom. The van der Waals surface area contributed by atoms with Crippen LogP contribution in [0.15, 0.2) is 18.2 Å². The first-order chi connectivity index (χ1) is 8.59. The Labute approximate surface area is 116 Å². The molecule has 18 heavy (non-hydrogen) atoms. The van der Waals surface area contributed by atoms with Gasteiger partial charge in [0.2, 0.25) is 0 Å². The van der Waals surface area contributed by atoms with E-state index in [2.05, 4.69) is 5.32 Å². The van der Waals surface area contributed by atoms with Crippen molar-refractivity contribution in [3.05, 3.63) is 33.8 Å². The van der Waals surface area contributed by atoms with Crippen LogP contribution in [0.1, 0.15) is 36.0 Å². The van der Waals surface area contributed by atoms with E-state index in [4.69, 9.17) is 23.2 Å². The molecular weight excluding hydrogens is 273 g/mol. The summed E-state index contributed by atoms with van der Waals surface area (Å²) in [7, 11) is 0. The van der Waals surface area contributed by atoms with Gasteiger partial charge in [0.25, 0.3) is 5.91 Å². The van der Waals surface area contributed by atoms with Gasteiger partial charge in [-0.2, -0.15) is 0 Å². The highest BCUT2D eigenvalue weighted by Gasteiger charge is 2.25. The molecule has 1 aliphatic rings. The molecule has 3 nitrogen and oxygen atoms in total. The topological polar surface area (TPSA) is 49.3 Å². The Kier molecular flexibility index (Phi) is 4.49. The van der Waals surface area contributed by atoms with Crippen LogP contribution in [-0.4, -0.2) is 23.2 Å². The number of aliphatic hydroxyl groups is 1. The van der Waals surface area contributed by atoms with Crippen molar-refractivity contribution in [1.29, 1.82) is 0 Å². The van der Waals surface area contributed by atoms with Gasteiger partial charge in [0.1, 0.15) is 0 Å². The van der Waals surface area contributed by atoms with Crippen LogP contribution in [0.25, 0.3) is 0 Å². The predicted octanol–water partition coefficient (Wildman–Crippen LogP) is 3.03. The van der Waals surface area contributed by atoms with Crippen molar-refractivity contribution in [3.8, 4) is 0 Å². The number of rotatable bonds is 2. The Morgan fingerprint density at radius 3 is 2.72 bits per heavy atom. The van der Waals surface area contributed by atoms with Crippen LogP contribution in [0, 0.1) is 0 Å². The smallest absolute Gasteiger partial charge is 0.253 e. The van der Waals surface area contributed by atoms with Crippen molar-refractivity contribution in [1.82, 2.24) is 5.32 Å². The second-order valence-corrected chi connectivity index (χ2v) is 5.32. The Balaban J connectivity index is 2.09. The molecule has 1 amide bonds. The van der Waals surface area contributed by atoms with Gasteiger partial charge in [-0.15, -0.1) is 0 Å². The van der Waals surface area contributed by atoms with Crippen molar-refractivity contribution in [2.24, 2.45) is 0 Å². The maximum atomic E-state index is 12.1. The molecule has 0 bridgehead atoms. The quantitative estimate of drug-likeness (QED) is 0.878. The highest BCUT2D eigenvalue weighted by molar-refractivity contribution is 6.43. The molecule has 0 radical (unpaired) electrons. The Hall–Kier alpha value is -0.770. The summed E-state index contributed by atoms with van der Waals surface area (Å²) in [5, 5.41) is 13.2. The number of carbonyl (C=O) groups is 1. The number of hydrogen-bond acceptors (Lipinski definition) is 2. The van der Waals surface area contributed by atoms with Crippen molar-refractivity contribution in [3.63, 3.8) is 0 Å². The van der Waals surface area contributed by atoms with Crippen LogP contribution in [-0.2, 0) is 0 Å². The summed E-state index contributed by atoms with van der Waals surface area (Å²) in [5.41, 5.74) is 0.349. The summed E-state index contributed by atoms with van der Waals surface area (Å²) in [5.74, 6) is -0.284. The van der Waals surface area contributed by atoms with Gasteiger partial charge in [0.15, 0.2) is 0 Å². The third kappa shape index (κ3) is 2.97. The molecule has 98 valence electrons.